The average Bonchev–Trinajstić information content (AvgIpc) is 2.38. The second-order valence-electron chi connectivity index (χ2n) is 4.58. The van der Waals surface area contributed by atoms with Crippen LogP contribution in [0.4, 0.5) is 0 Å². The maximum Gasteiger partial charge on any atom is 0.0731 e. The Bertz CT molecular complexity index is 337. The molecular weight excluding hydrogens is 234 g/mol. The molecule has 94 valence electrons. The van der Waals surface area contributed by atoms with Crippen molar-refractivity contribution in [2.45, 2.75) is 38.3 Å². The molecule has 1 aliphatic heterocycles. The molecule has 0 bridgehead atoms. The van der Waals surface area contributed by atoms with Crippen LogP contribution in [0.15, 0.2) is 24.3 Å². The fraction of sp³-hybridized carbons (Fsp3) is 0.571. The zero-order valence-electron chi connectivity index (χ0n) is 10.1. The second kappa shape index (κ2) is 7.00. The first kappa shape index (κ1) is 12.9. The van der Waals surface area contributed by atoms with Crippen LogP contribution in [0.3, 0.4) is 0 Å². The maximum atomic E-state index is 6.06. The molecule has 1 atom stereocenters. The van der Waals surface area contributed by atoms with Crippen LogP contribution in [0.5, 0.6) is 0 Å². The Kier molecular flexibility index (Phi) is 5.30. The largest absolute Gasteiger partial charge is 0.377 e. The molecule has 2 nitrogen and oxygen atoms in total. The van der Waals surface area contributed by atoms with Crippen molar-refractivity contribution in [2.24, 2.45) is 0 Å². The van der Waals surface area contributed by atoms with Gasteiger partial charge in [0.05, 0.1) is 6.61 Å². The summed E-state index contributed by atoms with van der Waals surface area (Å²) in [4.78, 5) is 0. The van der Waals surface area contributed by atoms with E-state index in [0.29, 0.717) is 12.6 Å². The summed E-state index contributed by atoms with van der Waals surface area (Å²) >= 11 is 6.06. The van der Waals surface area contributed by atoms with Crippen molar-refractivity contribution in [1.29, 1.82) is 0 Å². The summed E-state index contributed by atoms with van der Waals surface area (Å²) in [6.07, 6.45) is 5.05. The number of halogens is 1. The smallest absolute Gasteiger partial charge is 0.0731 e. The van der Waals surface area contributed by atoms with Crippen molar-refractivity contribution in [3.05, 3.63) is 34.9 Å². The van der Waals surface area contributed by atoms with Crippen LogP contribution < -0.4 is 5.32 Å². The van der Waals surface area contributed by atoms with E-state index in [1.165, 1.54) is 19.3 Å². The molecular formula is C14H20ClNO. The van der Waals surface area contributed by atoms with Gasteiger partial charge in [-0.15, -0.1) is 0 Å². The minimum atomic E-state index is 0.617. The molecule has 0 aliphatic carbocycles. The number of benzene rings is 1. The first-order valence-electron chi connectivity index (χ1n) is 6.41. The molecule has 1 aliphatic rings. The van der Waals surface area contributed by atoms with Crippen LogP contribution in [0.1, 0.15) is 31.2 Å². The molecule has 1 unspecified atom stereocenters. The zero-order valence-corrected chi connectivity index (χ0v) is 10.9. The molecule has 0 radical (unpaired) electrons. The summed E-state index contributed by atoms with van der Waals surface area (Å²) in [6, 6.07) is 8.50. The lowest BCUT2D eigenvalue weighted by atomic mass is 10.0. The third-order valence-electron chi connectivity index (χ3n) is 3.24. The molecule has 17 heavy (non-hydrogen) atoms. The van der Waals surface area contributed by atoms with E-state index >= 15 is 0 Å². The van der Waals surface area contributed by atoms with Crippen molar-refractivity contribution in [1.82, 2.24) is 5.32 Å². The van der Waals surface area contributed by atoms with Crippen molar-refractivity contribution in [2.75, 3.05) is 13.2 Å². The van der Waals surface area contributed by atoms with Gasteiger partial charge in [0.15, 0.2) is 0 Å². The number of hydrogen-bond acceptors (Lipinski definition) is 2. The molecule has 1 heterocycles. The highest BCUT2D eigenvalue weighted by Gasteiger charge is 2.11. The number of nitrogens with one attached hydrogen (secondary N) is 1. The van der Waals surface area contributed by atoms with E-state index in [1.807, 2.05) is 24.3 Å². The Hall–Kier alpha value is -0.570. The predicted octanol–water partition coefficient (Wildman–Crippen LogP) is 3.39. The second-order valence-corrected chi connectivity index (χ2v) is 4.99. The Morgan fingerprint density at radius 1 is 1.29 bits per heavy atom. The molecule has 1 fully saturated rings. The number of rotatable bonds is 5. The first-order chi connectivity index (χ1) is 8.36. The van der Waals surface area contributed by atoms with Crippen LogP contribution in [-0.4, -0.2) is 19.2 Å². The standard InChI is InChI=1S/C14H20ClNO/c15-14-7-2-1-5-12(14)11-17-10-8-13-6-3-4-9-16-13/h1-2,5,7,13,16H,3-4,6,8-11H2. The highest BCUT2D eigenvalue weighted by atomic mass is 35.5. The van der Waals surface area contributed by atoms with E-state index in [1.54, 1.807) is 0 Å². The van der Waals surface area contributed by atoms with E-state index < -0.39 is 0 Å². The summed E-state index contributed by atoms with van der Waals surface area (Å²) in [5.74, 6) is 0. The van der Waals surface area contributed by atoms with Crippen molar-refractivity contribution in [3.63, 3.8) is 0 Å². The minimum absolute atomic E-state index is 0.617. The van der Waals surface area contributed by atoms with Crippen LogP contribution in [0, 0.1) is 0 Å². The third-order valence-corrected chi connectivity index (χ3v) is 3.61. The molecule has 3 heteroatoms. The van der Waals surface area contributed by atoms with Crippen LogP contribution in [0.25, 0.3) is 0 Å². The Morgan fingerprint density at radius 2 is 2.18 bits per heavy atom. The van der Waals surface area contributed by atoms with Gasteiger partial charge in [-0.25, -0.2) is 0 Å². The summed E-state index contributed by atoms with van der Waals surface area (Å²) in [7, 11) is 0. The van der Waals surface area contributed by atoms with Gasteiger partial charge in [0.25, 0.3) is 0 Å². The Labute approximate surface area is 108 Å². The van der Waals surface area contributed by atoms with E-state index in [-0.39, 0.29) is 0 Å². The Balaban J connectivity index is 1.64. The van der Waals surface area contributed by atoms with Gasteiger partial charge in [-0.2, -0.15) is 0 Å². The molecule has 1 aromatic carbocycles. The van der Waals surface area contributed by atoms with E-state index in [2.05, 4.69) is 5.32 Å². The molecule has 0 amide bonds. The van der Waals surface area contributed by atoms with Crippen molar-refractivity contribution < 1.29 is 4.74 Å². The van der Waals surface area contributed by atoms with Gasteiger partial charge >= 0.3 is 0 Å². The molecule has 2 rings (SSSR count). The van der Waals surface area contributed by atoms with Crippen LogP contribution in [0.2, 0.25) is 5.02 Å². The average molecular weight is 254 g/mol. The highest BCUT2D eigenvalue weighted by Crippen LogP contribution is 2.16. The van der Waals surface area contributed by atoms with Crippen LogP contribution in [-0.2, 0) is 11.3 Å². The van der Waals surface area contributed by atoms with Gasteiger partial charge in [0.2, 0.25) is 0 Å². The van der Waals surface area contributed by atoms with E-state index in [4.69, 9.17) is 16.3 Å². The van der Waals surface area contributed by atoms with Gasteiger partial charge < -0.3 is 10.1 Å². The van der Waals surface area contributed by atoms with E-state index in [9.17, 15) is 0 Å². The number of hydrogen-bond donors (Lipinski definition) is 1. The topological polar surface area (TPSA) is 21.3 Å². The van der Waals surface area contributed by atoms with Gasteiger partial charge in [0.1, 0.15) is 0 Å². The Morgan fingerprint density at radius 3 is 2.94 bits per heavy atom. The number of piperidine rings is 1. The lowest BCUT2D eigenvalue weighted by molar-refractivity contribution is 0.108. The molecule has 0 saturated carbocycles. The fourth-order valence-corrected chi connectivity index (χ4v) is 2.38. The highest BCUT2D eigenvalue weighted by molar-refractivity contribution is 6.31. The summed E-state index contributed by atoms with van der Waals surface area (Å²) in [5, 5.41) is 4.32. The fourth-order valence-electron chi connectivity index (χ4n) is 2.19. The van der Waals surface area contributed by atoms with Crippen molar-refractivity contribution in [3.8, 4) is 0 Å². The molecule has 1 N–H and O–H groups in total. The molecule has 0 aromatic heterocycles. The number of ether oxygens (including phenoxy) is 1. The molecule has 0 spiro atoms. The summed E-state index contributed by atoms with van der Waals surface area (Å²) < 4.78 is 5.68. The van der Waals surface area contributed by atoms with Gasteiger partial charge in [-0.1, -0.05) is 36.2 Å². The minimum Gasteiger partial charge on any atom is -0.377 e. The van der Waals surface area contributed by atoms with Gasteiger partial charge in [0, 0.05) is 17.7 Å². The normalized spacial score (nSPS) is 20.4. The first-order valence-corrected chi connectivity index (χ1v) is 6.78. The molecule has 1 aromatic rings. The predicted molar refractivity (Wildman–Crippen MR) is 71.4 cm³/mol. The summed E-state index contributed by atoms with van der Waals surface area (Å²) in [5.41, 5.74) is 1.07. The van der Waals surface area contributed by atoms with Gasteiger partial charge in [-0.3, -0.25) is 0 Å². The third kappa shape index (κ3) is 4.30. The molecule has 1 saturated heterocycles. The monoisotopic (exact) mass is 253 g/mol. The maximum absolute atomic E-state index is 6.06. The van der Waals surface area contributed by atoms with Crippen molar-refractivity contribution >= 4 is 11.6 Å². The quantitative estimate of drug-likeness (QED) is 0.813. The lowest BCUT2D eigenvalue weighted by Gasteiger charge is -2.23. The summed E-state index contributed by atoms with van der Waals surface area (Å²) in [6.45, 7) is 2.59. The van der Waals surface area contributed by atoms with Crippen LogP contribution >= 0.6 is 11.6 Å². The zero-order chi connectivity index (χ0) is 11.9. The van der Waals surface area contributed by atoms with Gasteiger partial charge in [-0.05, 0) is 37.4 Å². The van der Waals surface area contributed by atoms with E-state index in [0.717, 1.165) is 30.2 Å². The lowest BCUT2D eigenvalue weighted by Crippen LogP contribution is -2.34. The SMILES string of the molecule is Clc1ccccc1COCCC1CCCCN1.